The van der Waals surface area contributed by atoms with Gasteiger partial charge in [-0.3, -0.25) is 4.79 Å². The van der Waals surface area contributed by atoms with Crippen LogP contribution in [0.4, 0.5) is 5.69 Å². The molecule has 3 rings (SSSR count). The van der Waals surface area contributed by atoms with Gasteiger partial charge in [0.25, 0.3) is 5.91 Å². The molecular formula is C16H13N3O. The zero-order valence-corrected chi connectivity index (χ0v) is 11.0. The van der Waals surface area contributed by atoms with E-state index in [2.05, 4.69) is 15.5 Å². The molecule has 0 bridgehead atoms. The maximum Gasteiger partial charge on any atom is 0.272 e. The Morgan fingerprint density at radius 1 is 1.05 bits per heavy atom. The van der Waals surface area contributed by atoms with Crippen molar-refractivity contribution in [3.8, 4) is 0 Å². The van der Waals surface area contributed by atoms with Crippen molar-refractivity contribution in [3.05, 3.63) is 58.5 Å². The Morgan fingerprint density at radius 3 is 2.70 bits per heavy atom. The van der Waals surface area contributed by atoms with Crippen molar-refractivity contribution in [2.45, 2.75) is 0 Å². The topological polar surface area (TPSA) is 53.8 Å². The number of allylic oxidation sites excluding steroid dienone is 5. The molecule has 1 aliphatic heterocycles. The maximum atomic E-state index is 11.8. The summed E-state index contributed by atoms with van der Waals surface area (Å²) in [7, 11) is 1.59. The summed E-state index contributed by atoms with van der Waals surface area (Å²) >= 11 is 0. The number of rotatable bonds is 1. The lowest BCUT2D eigenvalue weighted by molar-refractivity contribution is -0.115. The maximum absolute atomic E-state index is 11.8. The number of carbonyl (C=O) groups is 1. The minimum Gasteiger partial charge on any atom is -0.354 e. The first-order valence-corrected chi connectivity index (χ1v) is 6.33. The van der Waals surface area contributed by atoms with E-state index < -0.39 is 0 Å². The number of likely N-dealkylation sites (N-methyl/N-ethyl adjacent to an activating group) is 1. The monoisotopic (exact) mass is 263 g/mol. The van der Waals surface area contributed by atoms with Gasteiger partial charge in [-0.25, -0.2) is 0 Å². The van der Waals surface area contributed by atoms with Crippen LogP contribution in [0.5, 0.6) is 0 Å². The third kappa shape index (κ3) is 2.12. The number of benzene rings is 1. The molecule has 0 saturated carbocycles. The highest BCUT2D eigenvalue weighted by Crippen LogP contribution is 2.16. The standard InChI is InChI=1S/C16H13N3O/c1-17-16(20)15-13-9-11-7-5-3-2-4-6-8-12(11)10-14(13)18-19-15/h2-10H,1H3,(H,17,20). The molecule has 0 atom stereocenters. The Labute approximate surface area is 116 Å². The highest BCUT2D eigenvalue weighted by molar-refractivity contribution is 6.13. The summed E-state index contributed by atoms with van der Waals surface area (Å²) in [5, 5.41) is 12.5. The minimum absolute atomic E-state index is 0.219. The average molecular weight is 263 g/mol. The Balaban J connectivity index is 2.28. The molecule has 20 heavy (non-hydrogen) atoms. The fraction of sp³-hybridized carbons (Fsp3) is 0.0625. The van der Waals surface area contributed by atoms with Gasteiger partial charge < -0.3 is 5.32 Å². The van der Waals surface area contributed by atoms with Gasteiger partial charge in [0.05, 0.1) is 5.69 Å². The first-order chi connectivity index (χ1) is 9.79. The van der Waals surface area contributed by atoms with E-state index >= 15 is 0 Å². The van der Waals surface area contributed by atoms with Crippen LogP contribution in [0.1, 0.15) is 5.56 Å². The number of fused-ring (bicyclic) bond motifs is 2. The van der Waals surface area contributed by atoms with Gasteiger partial charge in [0.15, 0.2) is 5.70 Å². The van der Waals surface area contributed by atoms with Crippen molar-refractivity contribution in [1.29, 1.82) is 0 Å². The molecule has 2 aliphatic rings. The molecule has 1 aromatic rings. The lowest BCUT2D eigenvalue weighted by atomic mass is 10.1. The minimum atomic E-state index is -0.219. The van der Waals surface area contributed by atoms with E-state index in [0.717, 1.165) is 21.7 Å². The number of nitrogens with zero attached hydrogens (tertiary/aromatic N) is 2. The molecule has 4 nitrogen and oxygen atoms in total. The summed E-state index contributed by atoms with van der Waals surface area (Å²) in [6.07, 6.45) is 13.9. The molecule has 98 valence electrons. The number of azo groups is 1. The van der Waals surface area contributed by atoms with Gasteiger partial charge in [-0.05, 0) is 22.9 Å². The molecule has 0 fully saturated rings. The predicted octanol–water partition coefficient (Wildman–Crippen LogP) is 1.56. The molecule has 1 aliphatic carbocycles. The van der Waals surface area contributed by atoms with Crippen LogP contribution in [0.25, 0.3) is 17.8 Å². The highest BCUT2D eigenvalue weighted by atomic mass is 16.2. The van der Waals surface area contributed by atoms with Gasteiger partial charge in [-0.1, -0.05) is 42.5 Å². The summed E-state index contributed by atoms with van der Waals surface area (Å²) < 4.78 is 0. The van der Waals surface area contributed by atoms with Crippen LogP contribution < -0.4 is 15.8 Å². The first kappa shape index (κ1) is 12.3. The molecule has 0 spiro atoms. The lowest BCUT2D eigenvalue weighted by Gasteiger charge is -1.99. The van der Waals surface area contributed by atoms with E-state index in [1.165, 1.54) is 0 Å². The zero-order valence-electron chi connectivity index (χ0n) is 11.0. The largest absolute Gasteiger partial charge is 0.354 e. The second kappa shape index (κ2) is 5.09. The van der Waals surface area contributed by atoms with E-state index in [9.17, 15) is 4.79 Å². The number of hydrogen-bond acceptors (Lipinski definition) is 3. The van der Waals surface area contributed by atoms with Crippen LogP contribution in [0, 0.1) is 0 Å². The SMILES string of the molecule is CNC(=O)C1=c2cc3c(cc2N=N1)=CC=CC=CC=C3. The molecule has 0 radical (unpaired) electrons. The normalized spacial score (nSPS) is 14.9. The van der Waals surface area contributed by atoms with Crippen molar-refractivity contribution in [1.82, 2.24) is 5.32 Å². The fourth-order valence-electron chi connectivity index (χ4n) is 2.14. The summed E-state index contributed by atoms with van der Waals surface area (Å²) in [6, 6.07) is 3.90. The first-order valence-electron chi connectivity index (χ1n) is 6.33. The fourth-order valence-corrected chi connectivity index (χ4v) is 2.14. The van der Waals surface area contributed by atoms with Crippen LogP contribution in [-0.2, 0) is 4.79 Å². The number of carbonyl (C=O) groups excluding carboxylic acids is 1. The van der Waals surface area contributed by atoms with Crippen LogP contribution in [-0.4, -0.2) is 13.0 Å². The Kier molecular flexibility index (Phi) is 3.13. The van der Waals surface area contributed by atoms with Crippen molar-refractivity contribution in [2.24, 2.45) is 10.2 Å². The predicted molar refractivity (Wildman–Crippen MR) is 79.5 cm³/mol. The Morgan fingerprint density at radius 2 is 1.85 bits per heavy atom. The van der Waals surface area contributed by atoms with Gasteiger partial charge in [-0.2, -0.15) is 0 Å². The smallest absolute Gasteiger partial charge is 0.272 e. The van der Waals surface area contributed by atoms with Crippen molar-refractivity contribution in [2.75, 3.05) is 7.05 Å². The van der Waals surface area contributed by atoms with Crippen molar-refractivity contribution < 1.29 is 4.79 Å². The summed E-state index contributed by atoms with van der Waals surface area (Å²) in [5.74, 6) is -0.219. The highest BCUT2D eigenvalue weighted by Gasteiger charge is 2.16. The zero-order chi connectivity index (χ0) is 13.9. The second-order valence-corrected chi connectivity index (χ2v) is 4.42. The van der Waals surface area contributed by atoms with Gasteiger partial charge >= 0.3 is 0 Å². The van der Waals surface area contributed by atoms with Crippen molar-refractivity contribution in [3.63, 3.8) is 0 Å². The summed E-state index contributed by atoms with van der Waals surface area (Å²) in [4.78, 5) is 11.8. The van der Waals surface area contributed by atoms with Crippen LogP contribution in [0.2, 0.25) is 0 Å². The van der Waals surface area contributed by atoms with Crippen LogP contribution >= 0.6 is 0 Å². The molecule has 0 aromatic heterocycles. The van der Waals surface area contributed by atoms with Crippen molar-refractivity contribution >= 4 is 29.4 Å². The second-order valence-electron chi connectivity index (χ2n) is 4.42. The molecular weight excluding hydrogens is 250 g/mol. The van der Waals surface area contributed by atoms with Crippen LogP contribution in [0.15, 0.2) is 52.7 Å². The molecule has 0 saturated heterocycles. The lowest BCUT2D eigenvalue weighted by Crippen LogP contribution is -2.23. The molecule has 4 heteroatoms. The Hall–Kier alpha value is -2.75. The van der Waals surface area contributed by atoms with E-state index in [1.54, 1.807) is 7.05 Å². The summed E-state index contributed by atoms with van der Waals surface area (Å²) in [5.41, 5.74) is 2.13. The number of hydrogen-bond donors (Lipinski definition) is 1. The van der Waals surface area contributed by atoms with E-state index in [-0.39, 0.29) is 5.91 Å². The van der Waals surface area contributed by atoms with E-state index in [0.29, 0.717) is 5.70 Å². The van der Waals surface area contributed by atoms with E-state index in [4.69, 9.17) is 0 Å². The molecule has 0 unspecified atom stereocenters. The van der Waals surface area contributed by atoms with Gasteiger partial charge in [0.2, 0.25) is 0 Å². The average Bonchev–Trinajstić information content (AvgIpc) is 2.91. The molecule has 1 amide bonds. The van der Waals surface area contributed by atoms with Gasteiger partial charge in [0, 0.05) is 12.3 Å². The van der Waals surface area contributed by atoms with Gasteiger partial charge in [0.1, 0.15) is 0 Å². The third-order valence-electron chi connectivity index (χ3n) is 3.15. The quantitative estimate of drug-likeness (QED) is 0.821. The van der Waals surface area contributed by atoms with E-state index in [1.807, 2.05) is 54.7 Å². The number of nitrogens with one attached hydrogen (secondary N) is 1. The number of amides is 1. The molecule has 1 aromatic carbocycles. The van der Waals surface area contributed by atoms with Crippen LogP contribution in [0.3, 0.4) is 0 Å². The summed E-state index contributed by atoms with van der Waals surface area (Å²) in [6.45, 7) is 0. The van der Waals surface area contributed by atoms with Gasteiger partial charge in [-0.15, -0.1) is 10.2 Å². The molecule has 1 N–H and O–H groups in total. The molecule has 1 heterocycles. The third-order valence-corrected chi connectivity index (χ3v) is 3.15. The Bertz CT molecular complexity index is 811.